The van der Waals surface area contributed by atoms with Crippen LogP contribution in [0.1, 0.15) is 5.56 Å². The summed E-state index contributed by atoms with van der Waals surface area (Å²) in [6, 6.07) is 6.63. The van der Waals surface area contributed by atoms with E-state index >= 15 is 0 Å². The number of halogens is 2. The van der Waals surface area contributed by atoms with Crippen molar-refractivity contribution in [2.24, 2.45) is 0 Å². The Morgan fingerprint density at radius 1 is 1.39 bits per heavy atom. The lowest BCUT2D eigenvalue weighted by Crippen LogP contribution is -1.94. The van der Waals surface area contributed by atoms with Crippen LogP contribution in [0, 0.1) is 5.82 Å². The molecule has 1 heterocycles. The number of ether oxygens (including phenoxy) is 1. The van der Waals surface area contributed by atoms with Crippen LogP contribution in [0.4, 0.5) is 4.39 Å². The monoisotopic (exact) mass is 284 g/mol. The highest BCUT2D eigenvalue weighted by atomic mass is 35.5. The molecule has 0 aliphatic carbocycles. The molecule has 0 radical (unpaired) electrons. The molecule has 6 heteroatoms. The van der Waals surface area contributed by atoms with E-state index in [1.165, 1.54) is 18.9 Å². The van der Waals surface area contributed by atoms with Crippen molar-refractivity contribution in [3.8, 4) is 5.75 Å². The zero-order chi connectivity index (χ0) is 13.0. The predicted octanol–water partition coefficient (Wildman–Crippen LogP) is 3.57. The number of rotatable bonds is 4. The Hall–Kier alpha value is -1.33. The maximum atomic E-state index is 13.8. The number of thioether (sulfide) groups is 1. The molecule has 0 saturated carbocycles. The van der Waals surface area contributed by atoms with E-state index in [1.54, 1.807) is 30.5 Å². The van der Waals surface area contributed by atoms with E-state index < -0.39 is 0 Å². The molecule has 0 unspecified atom stereocenters. The molecule has 1 aromatic heterocycles. The van der Waals surface area contributed by atoms with Crippen LogP contribution in [0.25, 0.3) is 0 Å². The van der Waals surface area contributed by atoms with Crippen LogP contribution < -0.4 is 4.74 Å². The summed E-state index contributed by atoms with van der Waals surface area (Å²) in [4.78, 5) is 8.06. The molecule has 0 aliphatic rings. The van der Waals surface area contributed by atoms with E-state index in [0.717, 1.165) is 0 Å². The maximum absolute atomic E-state index is 13.8. The molecule has 18 heavy (non-hydrogen) atoms. The summed E-state index contributed by atoms with van der Waals surface area (Å²) in [5, 5.41) is 0.892. The third-order valence-corrected chi connectivity index (χ3v) is 3.34. The van der Waals surface area contributed by atoms with Gasteiger partial charge in [-0.2, -0.15) is 0 Å². The van der Waals surface area contributed by atoms with Gasteiger partial charge in [-0.3, -0.25) is 0 Å². The van der Waals surface area contributed by atoms with Gasteiger partial charge in [0, 0.05) is 17.5 Å². The van der Waals surface area contributed by atoms with Gasteiger partial charge >= 0.3 is 0 Å². The minimum Gasteiger partial charge on any atom is -0.494 e. The maximum Gasteiger partial charge on any atom is 0.189 e. The van der Waals surface area contributed by atoms with Gasteiger partial charge < -0.3 is 4.74 Å². The lowest BCUT2D eigenvalue weighted by molar-refractivity contribution is 0.385. The molecular formula is C12H10ClFN2OS. The Kier molecular flexibility index (Phi) is 4.38. The van der Waals surface area contributed by atoms with Crippen molar-refractivity contribution >= 4 is 23.4 Å². The zero-order valence-electron chi connectivity index (χ0n) is 9.56. The molecule has 0 aliphatic heterocycles. The van der Waals surface area contributed by atoms with E-state index in [9.17, 15) is 4.39 Å². The molecule has 0 bridgehead atoms. The summed E-state index contributed by atoms with van der Waals surface area (Å²) in [6.45, 7) is 0. The summed E-state index contributed by atoms with van der Waals surface area (Å²) in [6.07, 6.45) is 1.57. The third kappa shape index (κ3) is 3.11. The van der Waals surface area contributed by atoms with Crippen LogP contribution in [-0.2, 0) is 5.75 Å². The van der Waals surface area contributed by atoms with Crippen LogP contribution >= 0.6 is 23.4 Å². The van der Waals surface area contributed by atoms with E-state index in [2.05, 4.69) is 9.97 Å². The average Bonchev–Trinajstić information content (AvgIpc) is 2.38. The Morgan fingerprint density at radius 3 is 2.94 bits per heavy atom. The Morgan fingerprint density at radius 2 is 2.22 bits per heavy atom. The molecule has 2 aromatic rings. The zero-order valence-corrected chi connectivity index (χ0v) is 11.1. The molecule has 0 spiro atoms. The fourth-order valence-corrected chi connectivity index (χ4v) is 2.35. The van der Waals surface area contributed by atoms with E-state index in [-0.39, 0.29) is 11.6 Å². The van der Waals surface area contributed by atoms with Gasteiger partial charge in [0.1, 0.15) is 5.15 Å². The van der Waals surface area contributed by atoms with Crippen LogP contribution in [0.15, 0.2) is 35.6 Å². The lowest BCUT2D eigenvalue weighted by atomic mass is 10.2. The first-order valence-corrected chi connectivity index (χ1v) is 6.50. The van der Waals surface area contributed by atoms with E-state index in [4.69, 9.17) is 16.3 Å². The molecule has 94 valence electrons. The molecule has 2 rings (SSSR count). The number of methoxy groups -OCH3 is 1. The second-order valence-corrected chi connectivity index (χ2v) is 4.71. The highest BCUT2D eigenvalue weighted by Crippen LogP contribution is 2.26. The summed E-state index contributed by atoms with van der Waals surface area (Å²) < 4.78 is 18.8. The van der Waals surface area contributed by atoms with Crippen molar-refractivity contribution in [2.45, 2.75) is 10.9 Å². The second-order valence-electron chi connectivity index (χ2n) is 3.38. The standard InChI is InChI=1S/C12H10ClFN2OS/c1-17-9-4-2-3-8(11(9)14)7-18-12-15-6-5-10(13)16-12/h2-6H,7H2,1H3. The van der Waals surface area contributed by atoms with Crippen LogP contribution in [-0.4, -0.2) is 17.1 Å². The summed E-state index contributed by atoms with van der Waals surface area (Å²) >= 11 is 7.07. The van der Waals surface area contributed by atoms with Crippen LogP contribution in [0.5, 0.6) is 5.75 Å². The third-order valence-electron chi connectivity index (χ3n) is 2.22. The highest BCUT2D eigenvalue weighted by molar-refractivity contribution is 7.98. The molecule has 0 N–H and O–H groups in total. The van der Waals surface area contributed by atoms with Crippen molar-refractivity contribution in [1.82, 2.24) is 9.97 Å². The summed E-state index contributed by atoms with van der Waals surface area (Å²) in [5.41, 5.74) is 0.544. The molecule has 3 nitrogen and oxygen atoms in total. The van der Waals surface area contributed by atoms with Crippen LogP contribution in [0.2, 0.25) is 5.15 Å². The van der Waals surface area contributed by atoms with Gasteiger partial charge in [-0.15, -0.1) is 0 Å². The Balaban J connectivity index is 2.11. The first-order chi connectivity index (χ1) is 8.70. The molecule has 0 amide bonds. The molecule has 0 atom stereocenters. The van der Waals surface area contributed by atoms with Gasteiger partial charge in [-0.05, 0) is 12.1 Å². The summed E-state index contributed by atoms with van der Waals surface area (Å²) in [7, 11) is 1.44. The molecular weight excluding hydrogens is 275 g/mol. The van der Waals surface area contributed by atoms with Crippen molar-refractivity contribution < 1.29 is 9.13 Å². The van der Waals surface area contributed by atoms with Gasteiger partial charge in [0.15, 0.2) is 16.7 Å². The van der Waals surface area contributed by atoms with E-state index in [1.807, 2.05) is 0 Å². The predicted molar refractivity (Wildman–Crippen MR) is 69.6 cm³/mol. The number of hydrogen-bond donors (Lipinski definition) is 0. The smallest absolute Gasteiger partial charge is 0.189 e. The average molecular weight is 285 g/mol. The molecule has 1 aromatic carbocycles. The van der Waals surface area contributed by atoms with Crippen molar-refractivity contribution in [3.05, 3.63) is 47.0 Å². The largest absolute Gasteiger partial charge is 0.494 e. The number of aromatic nitrogens is 2. The number of nitrogens with zero attached hydrogens (tertiary/aromatic N) is 2. The van der Waals surface area contributed by atoms with Gasteiger partial charge in [0.2, 0.25) is 0 Å². The fourth-order valence-electron chi connectivity index (χ4n) is 1.36. The Bertz CT molecular complexity index is 553. The topological polar surface area (TPSA) is 35.0 Å². The minimum absolute atomic E-state index is 0.236. The normalized spacial score (nSPS) is 10.4. The quantitative estimate of drug-likeness (QED) is 0.488. The van der Waals surface area contributed by atoms with E-state index in [0.29, 0.717) is 21.6 Å². The first kappa shape index (κ1) is 13.1. The Labute approximate surface area is 113 Å². The summed E-state index contributed by atoms with van der Waals surface area (Å²) in [5.74, 6) is 0.304. The molecule has 0 saturated heterocycles. The van der Waals surface area contributed by atoms with Crippen molar-refractivity contribution in [2.75, 3.05) is 7.11 Å². The van der Waals surface area contributed by atoms with Crippen molar-refractivity contribution in [1.29, 1.82) is 0 Å². The minimum atomic E-state index is -0.352. The highest BCUT2D eigenvalue weighted by Gasteiger charge is 2.09. The molecule has 0 fully saturated rings. The van der Waals surface area contributed by atoms with Crippen LogP contribution in [0.3, 0.4) is 0 Å². The van der Waals surface area contributed by atoms with Gasteiger partial charge in [-0.25, -0.2) is 14.4 Å². The number of benzene rings is 1. The number of hydrogen-bond acceptors (Lipinski definition) is 4. The first-order valence-electron chi connectivity index (χ1n) is 5.13. The fraction of sp³-hybridized carbons (Fsp3) is 0.167. The van der Waals surface area contributed by atoms with Gasteiger partial charge in [0.25, 0.3) is 0 Å². The lowest BCUT2D eigenvalue weighted by Gasteiger charge is -2.06. The van der Waals surface area contributed by atoms with Gasteiger partial charge in [-0.1, -0.05) is 35.5 Å². The SMILES string of the molecule is COc1cccc(CSc2nccc(Cl)n2)c1F. The second kappa shape index (κ2) is 6.02. The van der Waals surface area contributed by atoms with Gasteiger partial charge in [0.05, 0.1) is 7.11 Å². The van der Waals surface area contributed by atoms with Crippen molar-refractivity contribution in [3.63, 3.8) is 0 Å².